The van der Waals surface area contributed by atoms with Crippen LogP contribution in [0.15, 0.2) is 54.6 Å². The van der Waals surface area contributed by atoms with Crippen molar-refractivity contribution in [2.75, 3.05) is 26.8 Å². The Labute approximate surface area is 179 Å². The molecule has 30 heavy (non-hydrogen) atoms. The lowest BCUT2D eigenvalue weighted by atomic mass is 9.91. The third-order valence-corrected chi connectivity index (χ3v) is 4.65. The Balaban J connectivity index is 0.000000469. The summed E-state index contributed by atoms with van der Waals surface area (Å²) in [5.74, 6) is -2.79. The number of rotatable bonds is 5. The van der Waals surface area contributed by atoms with Crippen LogP contribution in [0.5, 0.6) is 5.75 Å². The molecule has 8 heteroatoms. The van der Waals surface area contributed by atoms with Gasteiger partial charge in [-0.3, -0.25) is 0 Å². The Hall–Kier alpha value is -2.87. The molecule has 2 aromatic rings. The Morgan fingerprint density at radius 2 is 1.83 bits per heavy atom. The van der Waals surface area contributed by atoms with E-state index in [9.17, 15) is 0 Å². The molecule has 1 saturated heterocycles. The number of carboxylic acid groups (broad SMARTS) is 2. The molecular weight excluding hydrogens is 410 g/mol. The Morgan fingerprint density at radius 3 is 2.40 bits per heavy atom. The highest BCUT2D eigenvalue weighted by Gasteiger charge is 2.30. The maximum atomic E-state index is 9.10. The van der Waals surface area contributed by atoms with Crippen molar-refractivity contribution in [2.45, 2.75) is 12.0 Å². The van der Waals surface area contributed by atoms with Crippen LogP contribution >= 0.6 is 11.6 Å². The summed E-state index contributed by atoms with van der Waals surface area (Å²) in [6, 6.07) is 15.9. The first kappa shape index (κ1) is 23.4. The van der Waals surface area contributed by atoms with Gasteiger partial charge in [-0.25, -0.2) is 9.59 Å². The third-order valence-electron chi connectivity index (χ3n) is 4.40. The smallest absolute Gasteiger partial charge is 0.414 e. The summed E-state index contributed by atoms with van der Waals surface area (Å²) in [6.45, 7) is 2.36. The van der Waals surface area contributed by atoms with E-state index < -0.39 is 11.9 Å². The Kier molecular flexibility index (Phi) is 8.86. The van der Waals surface area contributed by atoms with Gasteiger partial charge in [0, 0.05) is 30.1 Å². The Bertz CT molecular complexity index is 863. The quantitative estimate of drug-likeness (QED) is 0.622. The van der Waals surface area contributed by atoms with E-state index >= 15 is 0 Å². The first-order chi connectivity index (χ1) is 14.3. The molecule has 3 rings (SSSR count). The lowest BCUT2D eigenvalue weighted by molar-refractivity contribution is -0.159. The molecule has 1 atom stereocenters. The molecule has 1 heterocycles. The lowest BCUT2D eigenvalue weighted by Gasteiger charge is -2.35. The summed E-state index contributed by atoms with van der Waals surface area (Å²) in [7, 11) is 1.69. The highest BCUT2D eigenvalue weighted by atomic mass is 35.5. The van der Waals surface area contributed by atoms with Crippen molar-refractivity contribution in [1.82, 2.24) is 5.32 Å². The molecule has 7 nitrogen and oxygen atoms in total. The molecule has 0 aliphatic carbocycles. The topological polar surface area (TPSA) is 105 Å². The van der Waals surface area contributed by atoms with Crippen LogP contribution in [0.4, 0.5) is 0 Å². The summed E-state index contributed by atoms with van der Waals surface area (Å²) in [4.78, 5) is 18.2. The lowest BCUT2D eigenvalue weighted by Crippen LogP contribution is -2.49. The molecule has 0 amide bonds. The number of methoxy groups -OCH3 is 1. The predicted octanol–water partition coefficient (Wildman–Crippen LogP) is 3.12. The van der Waals surface area contributed by atoms with Crippen LogP contribution in [0.25, 0.3) is 6.08 Å². The molecule has 0 spiro atoms. The van der Waals surface area contributed by atoms with Gasteiger partial charge >= 0.3 is 11.9 Å². The van der Waals surface area contributed by atoms with Crippen molar-refractivity contribution in [3.05, 3.63) is 70.8 Å². The monoisotopic (exact) mass is 433 g/mol. The normalized spacial score (nSPS) is 18.3. The predicted molar refractivity (Wildman–Crippen MR) is 114 cm³/mol. The summed E-state index contributed by atoms with van der Waals surface area (Å²) in [5, 5.41) is 19.0. The minimum Gasteiger partial charge on any atom is -0.496 e. The molecule has 1 unspecified atom stereocenters. The molecule has 0 bridgehead atoms. The van der Waals surface area contributed by atoms with Crippen LogP contribution in [0, 0.1) is 0 Å². The number of benzene rings is 2. The number of carboxylic acids is 2. The molecule has 1 aliphatic heterocycles. The molecule has 0 radical (unpaired) electrons. The highest BCUT2D eigenvalue weighted by molar-refractivity contribution is 6.30. The van der Waals surface area contributed by atoms with Gasteiger partial charge in [-0.1, -0.05) is 54.1 Å². The van der Waals surface area contributed by atoms with E-state index in [0.717, 1.165) is 35.8 Å². The van der Waals surface area contributed by atoms with Gasteiger partial charge in [-0.2, -0.15) is 0 Å². The maximum absolute atomic E-state index is 9.10. The first-order valence-corrected chi connectivity index (χ1v) is 9.60. The van der Waals surface area contributed by atoms with Gasteiger partial charge in [-0.15, -0.1) is 0 Å². The van der Waals surface area contributed by atoms with Gasteiger partial charge in [0.05, 0.1) is 13.7 Å². The number of para-hydroxylation sites is 1. The first-order valence-electron chi connectivity index (χ1n) is 9.23. The fourth-order valence-corrected chi connectivity index (χ4v) is 3.08. The molecular formula is C22H24ClNO6. The number of carbonyl (C=O) groups is 2. The zero-order chi connectivity index (χ0) is 22.0. The van der Waals surface area contributed by atoms with Crippen molar-refractivity contribution in [1.29, 1.82) is 0 Å². The summed E-state index contributed by atoms with van der Waals surface area (Å²) in [6.07, 6.45) is 5.02. The molecule has 2 aromatic carbocycles. The third kappa shape index (κ3) is 7.18. The van der Waals surface area contributed by atoms with Crippen LogP contribution < -0.4 is 10.1 Å². The fourth-order valence-electron chi connectivity index (χ4n) is 2.95. The molecule has 0 saturated carbocycles. The van der Waals surface area contributed by atoms with Gasteiger partial charge in [0.25, 0.3) is 0 Å². The number of hydrogen-bond donors (Lipinski definition) is 3. The van der Waals surface area contributed by atoms with E-state index in [1.807, 2.05) is 36.4 Å². The second-order valence-electron chi connectivity index (χ2n) is 6.58. The minimum absolute atomic E-state index is 0.368. The van der Waals surface area contributed by atoms with Gasteiger partial charge < -0.3 is 25.0 Å². The highest BCUT2D eigenvalue weighted by Crippen LogP contribution is 2.26. The SMILES string of the molecule is COc1ccccc1/C=C/C1(Cc2ccc(Cl)cc2)CNCCO1.O=C(O)C(=O)O. The number of aliphatic carboxylic acids is 2. The van der Waals surface area contributed by atoms with E-state index in [2.05, 4.69) is 29.6 Å². The summed E-state index contributed by atoms with van der Waals surface area (Å²) >= 11 is 5.99. The zero-order valence-electron chi connectivity index (χ0n) is 16.5. The van der Waals surface area contributed by atoms with E-state index in [4.69, 9.17) is 40.9 Å². The molecule has 160 valence electrons. The fraction of sp³-hybridized carbons (Fsp3) is 0.273. The van der Waals surface area contributed by atoms with Crippen LogP contribution in [0.1, 0.15) is 11.1 Å². The largest absolute Gasteiger partial charge is 0.496 e. The van der Waals surface area contributed by atoms with E-state index in [0.29, 0.717) is 6.61 Å². The van der Waals surface area contributed by atoms with Crippen molar-refractivity contribution < 1.29 is 29.3 Å². The second-order valence-corrected chi connectivity index (χ2v) is 7.02. The van der Waals surface area contributed by atoms with E-state index in [-0.39, 0.29) is 5.60 Å². The van der Waals surface area contributed by atoms with Crippen LogP contribution in [-0.4, -0.2) is 54.6 Å². The van der Waals surface area contributed by atoms with Crippen molar-refractivity contribution in [2.24, 2.45) is 0 Å². The van der Waals surface area contributed by atoms with Gasteiger partial charge in [0.15, 0.2) is 0 Å². The molecule has 0 aromatic heterocycles. The van der Waals surface area contributed by atoms with Gasteiger partial charge in [0.2, 0.25) is 0 Å². The molecule has 1 aliphatic rings. The van der Waals surface area contributed by atoms with Crippen LogP contribution in [0.3, 0.4) is 0 Å². The summed E-state index contributed by atoms with van der Waals surface area (Å²) < 4.78 is 11.6. The molecule has 3 N–H and O–H groups in total. The number of morpholine rings is 1. The number of halogens is 1. The van der Waals surface area contributed by atoms with Gasteiger partial charge in [-0.05, 0) is 23.8 Å². The van der Waals surface area contributed by atoms with Crippen LogP contribution in [0.2, 0.25) is 5.02 Å². The second kappa shape index (κ2) is 11.3. The standard InChI is InChI=1S/C20H22ClNO2.C2H2O4/c1-23-19-5-3-2-4-17(19)10-11-20(15-22-12-13-24-20)14-16-6-8-18(21)9-7-16;3-1(4)2(5)6/h2-11,22H,12-15H2,1H3;(H,3,4)(H,5,6)/b11-10+;. The van der Waals surface area contributed by atoms with Crippen LogP contribution in [-0.2, 0) is 20.7 Å². The number of nitrogens with one attached hydrogen (secondary N) is 1. The average molecular weight is 434 g/mol. The minimum atomic E-state index is -1.82. The number of ether oxygens (including phenoxy) is 2. The van der Waals surface area contributed by atoms with Crippen molar-refractivity contribution in [3.8, 4) is 5.75 Å². The van der Waals surface area contributed by atoms with E-state index in [1.165, 1.54) is 5.56 Å². The van der Waals surface area contributed by atoms with E-state index in [1.54, 1.807) is 7.11 Å². The molecule has 1 fully saturated rings. The Morgan fingerprint density at radius 1 is 1.17 bits per heavy atom. The van der Waals surface area contributed by atoms with Gasteiger partial charge in [0.1, 0.15) is 11.4 Å². The number of hydrogen-bond acceptors (Lipinski definition) is 5. The zero-order valence-corrected chi connectivity index (χ0v) is 17.3. The summed E-state index contributed by atoms with van der Waals surface area (Å²) in [5.41, 5.74) is 1.88. The van der Waals surface area contributed by atoms with Crippen molar-refractivity contribution >= 4 is 29.6 Å². The average Bonchev–Trinajstić information content (AvgIpc) is 2.75. The maximum Gasteiger partial charge on any atom is 0.414 e. The van der Waals surface area contributed by atoms with Crippen molar-refractivity contribution in [3.63, 3.8) is 0 Å².